The maximum absolute atomic E-state index is 6.15. The Morgan fingerprint density at radius 3 is 2.77 bits per heavy atom. The first-order valence-corrected chi connectivity index (χ1v) is 4.92. The van der Waals surface area contributed by atoms with E-state index in [4.69, 9.17) is 11.6 Å². The average molecular weight is 197 g/mol. The molecule has 0 aliphatic carbocycles. The minimum Gasteiger partial charge on any atom is -0.351 e. The van der Waals surface area contributed by atoms with Crippen LogP contribution in [0, 0.1) is 0 Å². The fourth-order valence-corrected chi connectivity index (χ4v) is 2.13. The summed E-state index contributed by atoms with van der Waals surface area (Å²) < 4.78 is 0. The molecule has 1 aliphatic rings. The molecule has 0 amide bonds. The Morgan fingerprint density at radius 2 is 2.08 bits per heavy atom. The zero-order valence-corrected chi connectivity index (χ0v) is 8.55. The molecule has 13 heavy (non-hydrogen) atoms. The van der Waals surface area contributed by atoms with Crippen molar-refractivity contribution in [1.82, 2.24) is 0 Å². The number of benzene rings is 1. The van der Waals surface area contributed by atoms with Gasteiger partial charge in [-0.2, -0.15) is 0 Å². The predicted octanol–water partition coefficient (Wildman–Crippen LogP) is 2.85. The Labute approximate surface area is 83.5 Å². The Balaban J connectivity index is 2.40. The first-order chi connectivity index (χ1) is 6.20. The molecule has 1 unspecified atom stereocenters. The van der Waals surface area contributed by atoms with Gasteiger partial charge in [-0.15, -0.1) is 0 Å². The smallest absolute Gasteiger partial charge is 0.178 e. The molecule has 0 saturated heterocycles. The topological polar surface area (TPSA) is 15.3 Å². The summed E-state index contributed by atoms with van der Waals surface area (Å²) in [6.45, 7) is 4.28. The van der Waals surface area contributed by atoms with Crippen LogP contribution >= 0.6 is 11.6 Å². The SMILES string of the molecule is CC(C)N1c2ccccc2NC1Cl. The number of hydrogen-bond donors (Lipinski definition) is 1. The summed E-state index contributed by atoms with van der Waals surface area (Å²) in [7, 11) is 0. The summed E-state index contributed by atoms with van der Waals surface area (Å²) in [5, 5.41) is 3.22. The number of anilines is 2. The summed E-state index contributed by atoms with van der Waals surface area (Å²) in [5.74, 6) is 0. The number of para-hydroxylation sites is 2. The zero-order valence-electron chi connectivity index (χ0n) is 7.79. The Bertz CT molecular complexity index is 312. The van der Waals surface area contributed by atoms with E-state index in [1.165, 1.54) is 5.69 Å². The van der Waals surface area contributed by atoms with Gasteiger partial charge in [0.15, 0.2) is 5.62 Å². The van der Waals surface area contributed by atoms with Crippen molar-refractivity contribution < 1.29 is 0 Å². The molecule has 1 N–H and O–H groups in total. The van der Waals surface area contributed by atoms with Crippen molar-refractivity contribution >= 4 is 23.0 Å². The van der Waals surface area contributed by atoms with E-state index in [0.29, 0.717) is 6.04 Å². The van der Waals surface area contributed by atoms with E-state index in [1.807, 2.05) is 18.2 Å². The molecule has 0 fully saturated rings. The summed E-state index contributed by atoms with van der Waals surface area (Å²) in [5.41, 5.74) is 2.20. The lowest BCUT2D eigenvalue weighted by Gasteiger charge is -2.26. The van der Waals surface area contributed by atoms with Gasteiger partial charge >= 0.3 is 0 Å². The summed E-state index contributed by atoms with van der Waals surface area (Å²) in [6.07, 6.45) is 0. The summed E-state index contributed by atoms with van der Waals surface area (Å²) in [6, 6.07) is 8.60. The molecule has 1 aromatic carbocycles. The third-order valence-electron chi connectivity index (χ3n) is 2.26. The second-order valence-corrected chi connectivity index (χ2v) is 3.91. The average Bonchev–Trinajstić information content (AvgIpc) is 2.39. The highest BCUT2D eigenvalue weighted by Crippen LogP contribution is 2.36. The third kappa shape index (κ3) is 1.35. The van der Waals surface area contributed by atoms with Gasteiger partial charge in [0.05, 0.1) is 11.4 Å². The van der Waals surface area contributed by atoms with E-state index < -0.39 is 0 Å². The van der Waals surface area contributed by atoms with Crippen LogP contribution in [-0.2, 0) is 0 Å². The van der Waals surface area contributed by atoms with Gasteiger partial charge in [0.2, 0.25) is 0 Å². The van der Waals surface area contributed by atoms with E-state index in [0.717, 1.165) is 5.69 Å². The van der Waals surface area contributed by atoms with Crippen LogP contribution in [0.3, 0.4) is 0 Å². The third-order valence-corrected chi connectivity index (χ3v) is 2.58. The van der Waals surface area contributed by atoms with Crippen molar-refractivity contribution in [2.75, 3.05) is 10.2 Å². The second kappa shape index (κ2) is 3.11. The van der Waals surface area contributed by atoms with Crippen LogP contribution in [0.1, 0.15) is 13.8 Å². The molecule has 0 saturated carbocycles. The fourth-order valence-electron chi connectivity index (χ4n) is 1.68. The van der Waals surface area contributed by atoms with E-state index in [2.05, 4.69) is 30.1 Å². The quantitative estimate of drug-likeness (QED) is 0.549. The first-order valence-electron chi connectivity index (χ1n) is 4.48. The molecule has 0 radical (unpaired) electrons. The summed E-state index contributed by atoms with van der Waals surface area (Å²) >= 11 is 6.15. The van der Waals surface area contributed by atoms with Crippen LogP contribution in [0.4, 0.5) is 11.4 Å². The lowest BCUT2D eigenvalue weighted by Crippen LogP contribution is -2.36. The molecule has 2 nitrogen and oxygen atoms in total. The molecule has 70 valence electrons. The Morgan fingerprint density at radius 1 is 1.38 bits per heavy atom. The lowest BCUT2D eigenvalue weighted by atomic mass is 10.2. The molecular weight excluding hydrogens is 184 g/mol. The van der Waals surface area contributed by atoms with Gasteiger partial charge < -0.3 is 10.2 Å². The van der Waals surface area contributed by atoms with Gasteiger partial charge in [0, 0.05) is 6.04 Å². The predicted molar refractivity (Wildman–Crippen MR) is 57.3 cm³/mol. The van der Waals surface area contributed by atoms with Crippen LogP contribution in [0.2, 0.25) is 0 Å². The number of hydrogen-bond acceptors (Lipinski definition) is 2. The van der Waals surface area contributed by atoms with Gasteiger partial charge in [0.1, 0.15) is 0 Å². The number of nitrogens with zero attached hydrogens (tertiary/aromatic N) is 1. The minimum absolute atomic E-state index is 0.114. The lowest BCUT2D eigenvalue weighted by molar-refractivity contribution is 0.700. The van der Waals surface area contributed by atoms with Gasteiger partial charge in [-0.25, -0.2) is 0 Å². The van der Waals surface area contributed by atoms with Crippen molar-refractivity contribution in [3.63, 3.8) is 0 Å². The number of fused-ring (bicyclic) bond motifs is 1. The van der Waals surface area contributed by atoms with Gasteiger partial charge in [0.25, 0.3) is 0 Å². The van der Waals surface area contributed by atoms with Crippen molar-refractivity contribution in [3.8, 4) is 0 Å². The van der Waals surface area contributed by atoms with Gasteiger partial charge in [-0.1, -0.05) is 23.7 Å². The molecular formula is C10H13ClN2. The monoisotopic (exact) mass is 196 g/mol. The maximum Gasteiger partial charge on any atom is 0.178 e. The molecule has 0 aromatic heterocycles. The van der Waals surface area contributed by atoms with Gasteiger partial charge in [-0.05, 0) is 26.0 Å². The summed E-state index contributed by atoms with van der Waals surface area (Å²) in [4.78, 5) is 2.16. The van der Waals surface area contributed by atoms with E-state index in [1.54, 1.807) is 0 Å². The zero-order chi connectivity index (χ0) is 9.42. The number of rotatable bonds is 1. The standard InChI is InChI=1S/C10H13ClN2/c1-7(2)13-9-6-4-3-5-8(9)12-10(13)11/h3-7,10,12H,1-2H3. The van der Waals surface area contributed by atoms with Crippen molar-refractivity contribution in [3.05, 3.63) is 24.3 Å². The molecule has 0 bridgehead atoms. The largest absolute Gasteiger partial charge is 0.351 e. The highest BCUT2D eigenvalue weighted by Gasteiger charge is 2.27. The first kappa shape index (κ1) is 8.70. The number of alkyl halides is 1. The van der Waals surface area contributed by atoms with Crippen LogP contribution in [0.15, 0.2) is 24.3 Å². The van der Waals surface area contributed by atoms with Gasteiger partial charge in [-0.3, -0.25) is 0 Å². The second-order valence-electron chi connectivity index (χ2n) is 3.50. The van der Waals surface area contributed by atoms with Crippen LogP contribution in [0.5, 0.6) is 0 Å². The van der Waals surface area contributed by atoms with Crippen LogP contribution in [-0.4, -0.2) is 11.7 Å². The normalized spacial score (nSPS) is 20.3. The maximum atomic E-state index is 6.15. The molecule has 0 spiro atoms. The fraction of sp³-hybridized carbons (Fsp3) is 0.400. The number of halogens is 1. The molecule has 1 aromatic rings. The van der Waals surface area contributed by atoms with E-state index in [9.17, 15) is 0 Å². The molecule has 3 heteroatoms. The van der Waals surface area contributed by atoms with E-state index in [-0.39, 0.29) is 5.62 Å². The molecule has 1 aliphatic heterocycles. The molecule has 2 rings (SSSR count). The van der Waals surface area contributed by atoms with Crippen LogP contribution in [0.25, 0.3) is 0 Å². The minimum atomic E-state index is -0.114. The Kier molecular flexibility index (Phi) is 2.08. The van der Waals surface area contributed by atoms with Crippen LogP contribution < -0.4 is 10.2 Å². The molecule has 1 heterocycles. The Hall–Kier alpha value is -0.890. The number of nitrogens with one attached hydrogen (secondary N) is 1. The van der Waals surface area contributed by atoms with Crippen molar-refractivity contribution in [2.24, 2.45) is 0 Å². The highest BCUT2D eigenvalue weighted by atomic mass is 35.5. The van der Waals surface area contributed by atoms with E-state index >= 15 is 0 Å². The molecule has 1 atom stereocenters. The van der Waals surface area contributed by atoms with Crippen molar-refractivity contribution in [2.45, 2.75) is 25.5 Å². The van der Waals surface area contributed by atoms with Crippen molar-refractivity contribution in [1.29, 1.82) is 0 Å². The highest BCUT2D eigenvalue weighted by molar-refractivity contribution is 6.24.